The maximum Gasteiger partial charge on any atom is 0.212 e. The quantitative estimate of drug-likeness (QED) is 0.922. The van der Waals surface area contributed by atoms with Crippen molar-refractivity contribution in [2.45, 2.75) is 31.8 Å². The predicted molar refractivity (Wildman–Crippen MR) is 78.7 cm³/mol. The molecule has 1 aliphatic carbocycles. The van der Waals surface area contributed by atoms with Crippen molar-refractivity contribution in [1.82, 2.24) is 10.3 Å². The molecule has 2 atom stereocenters. The highest BCUT2D eigenvalue weighted by atomic mass is 32.2. The second-order valence-corrected chi connectivity index (χ2v) is 6.09. The third kappa shape index (κ3) is 3.03. The van der Waals surface area contributed by atoms with Gasteiger partial charge in [-0.25, -0.2) is 4.98 Å². The third-order valence-corrected chi connectivity index (χ3v) is 4.93. The number of amidine groups is 1. The summed E-state index contributed by atoms with van der Waals surface area (Å²) in [7, 11) is 1.63. The topological polar surface area (TPSA) is 46.5 Å². The Kier molecular flexibility index (Phi) is 3.92. The molecule has 102 valence electrons. The molecule has 1 aromatic heterocycles. The molecule has 0 bridgehead atoms. The van der Waals surface area contributed by atoms with Gasteiger partial charge >= 0.3 is 0 Å². The van der Waals surface area contributed by atoms with E-state index in [1.165, 1.54) is 25.0 Å². The number of pyridine rings is 1. The van der Waals surface area contributed by atoms with Crippen molar-refractivity contribution in [2.75, 3.05) is 12.9 Å². The van der Waals surface area contributed by atoms with Crippen molar-refractivity contribution < 1.29 is 4.74 Å². The molecule has 2 aliphatic rings. The van der Waals surface area contributed by atoms with Gasteiger partial charge in [-0.15, -0.1) is 0 Å². The van der Waals surface area contributed by atoms with Gasteiger partial charge in [0.2, 0.25) is 5.88 Å². The first-order valence-corrected chi connectivity index (χ1v) is 7.76. The highest BCUT2D eigenvalue weighted by Gasteiger charge is 2.31. The van der Waals surface area contributed by atoms with Crippen molar-refractivity contribution in [3.05, 3.63) is 23.9 Å². The van der Waals surface area contributed by atoms with E-state index >= 15 is 0 Å². The monoisotopic (exact) mass is 277 g/mol. The number of fused-ring (bicyclic) bond motifs is 1. The summed E-state index contributed by atoms with van der Waals surface area (Å²) in [5, 5.41) is 4.67. The first kappa shape index (κ1) is 12.8. The zero-order valence-electron chi connectivity index (χ0n) is 11.1. The molecular formula is C14H19N3OS. The molecule has 0 radical (unpaired) electrons. The molecule has 2 heterocycles. The van der Waals surface area contributed by atoms with Gasteiger partial charge in [-0.3, -0.25) is 4.99 Å². The van der Waals surface area contributed by atoms with Crippen LogP contribution < -0.4 is 10.1 Å². The van der Waals surface area contributed by atoms with Crippen LogP contribution in [-0.4, -0.2) is 29.1 Å². The Morgan fingerprint density at radius 3 is 3.21 bits per heavy atom. The van der Waals surface area contributed by atoms with Crippen molar-refractivity contribution in [1.29, 1.82) is 0 Å². The summed E-state index contributed by atoms with van der Waals surface area (Å²) < 4.78 is 5.05. The van der Waals surface area contributed by atoms with Crippen LogP contribution in [0, 0.1) is 5.92 Å². The van der Waals surface area contributed by atoms with Crippen LogP contribution in [0.2, 0.25) is 0 Å². The lowest BCUT2D eigenvalue weighted by molar-refractivity contribution is 0.397. The normalized spacial score (nSPS) is 27.9. The average Bonchev–Trinajstić information content (AvgIpc) is 2.93. The third-order valence-electron chi connectivity index (χ3n) is 3.81. The van der Waals surface area contributed by atoms with Gasteiger partial charge in [0.15, 0.2) is 5.17 Å². The molecule has 1 N–H and O–H groups in total. The summed E-state index contributed by atoms with van der Waals surface area (Å²) in [5.41, 5.74) is 1.12. The number of ether oxygens (including phenoxy) is 1. The van der Waals surface area contributed by atoms with Gasteiger partial charge in [0, 0.05) is 24.1 Å². The van der Waals surface area contributed by atoms with Crippen molar-refractivity contribution in [2.24, 2.45) is 10.9 Å². The molecule has 3 rings (SSSR count). The standard InChI is InChI=1S/C14H19N3OS/c1-18-13-6-5-10(7-15-13)8-16-14-17-12-4-2-3-11(12)9-19-14/h5-7,11-12H,2-4,8-9H2,1H3,(H,16,17). The smallest absolute Gasteiger partial charge is 0.212 e. The number of rotatable bonds is 3. The number of hydrogen-bond donors (Lipinski definition) is 1. The van der Waals surface area contributed by atoms with E-state index in [9.17, 15) is 0 Å². The minimum Gasteiger partial charge on any atom is -0.481 e. The van der Waals surface area contributed by atoms with Gasteiger partial charge in [0.1, 0.15) is 0 Å². The van der Waals surface area contributed by atoms with Crippen molar-refractivity contribution in [3.63, 3.8) is 0 Å². The van der Waals surface area contributed by atoms with Crippen LogP contribution in [0.25, 0.3) is 0 Å². The van der Waals surface area contributed by atoms with E-state index in [0.29, 0.717) is 18.5 Å². The average molecular weight is 277 g/mol. The zero-order chi connectivity index (χ0) is 13.1. The van der Waals surface area contributed by atoms with Crippen LogP contribution >= 0.6 is 11.8 Å². The van der Waals surface area contributed by atoms with Crippen LogP contribution in [0.1, 0.15) is 24.8 Å². The van der Waals surface area contributed by atoms with Crippen LogP contribution in [0.4, 0.5) is 0 Å². The molecule has 1 aliphatic heterocycles. The van der Waals surface area contributed by atoms with E-state index in [4.69, 9.17) is 4.74 Å². The lowest BCUT2D eigenvalue weighted by Crippen LogP contribution is -2.41. The Balaban J connectivity index is 1.59. The second-order valence-electron chi connectivity index (χ2n) is 5.08. The van der Waals surface area contributed by atoms with E-state index in [0.717, 1.165) is 16.6 Å². The van der Waals surface area contributed by atoms with Crippen LogP contribution in [-0.2, 0) is 6.54 Å². The number of thioether (sulfide) groups is 1. The number of nitrogens with one attached hydrogen (secondary N) is 1. The molecule has 4 nitrogen and oxygen atoms in total. The Hall–Kier alpha value is -1.23. The molecule has 0 spiro atoms. The number of aliphatic imine (C=N–C) groups is 1. The fraction of sp³-hybridized carbons (Fsp3) is 0.571. The van der Waals surface area contributed by atoms with Crippen LogP contribution in [0.15, 0.2) is 23.3 Å². The Bertz CT molecular complexity index is 460. The van der Waals surface area contributed by atoms with Gasteiger partial charge in [0.25, 0.3) is 0 Å². The minimum atomic E-state index is 0.648. The molecule has 0 aromatic carbocycles. The van der Waals surface area contributed by atoms with Gasteiger partial charge in [-0.2, -0.15) is 0 Å². The fourth-order valence-electron chi connectivity index (χ4n) is 2.69. The fourth-order valence-corrected chi connectivity index (χ4v) is 3.85. The second kappa shape index (κ2) is 5.82. The number of nitrogens with zero attached hydrogens (tertiary/aromatic N) is 2. The molecular weight excluding hydrogens is 258 g/mol. The first-order valence-electron chi connectivity index (χ1n) is 6.78. The maximum atomic E-state index is 5.05. The van der Waals surface area contributed by atoms with E-state index in [-0.39, 0.29) is 0 Å². The van der Waals surface area contributed by atoms with E-state index in [2.05, 4.69) is 15.3 Å². The first-order chi connectivity index (χ1) is 9.35. The number of hydrogen-bond acceptors (Lipinski definition) is 4. The molecule has 5 heteroatoms. The van der Waals surface area contributed by atoms with Gasteiger partial charge < -0.3 is 10.1 Å². The van der Waals surface area contributed by atoms with Crippen LogP contribution in [0.5, 0.6) is 5.88 Å². The summed E-state index contributed by atoms with van der Waals surface area (Å²) >= 11 is 1.86. The predicted octanol–water partition coefficient (Wildman–Crippen LogP) is 2.45. The molecule has 1 aromatic rings. The summed E-state index contributed by atoms with van der Waals surface area (Å²) in [4.78, 5) is 8.85. The zero-order valence-corrected chi connectivity index (χ0v) is 11.9. The largest absolute Gasteiger partial charge is 0.481 e. The summed E-state index contributed by atoms with van der Waals surface area (Å²) in [5.74, 6) is 2.72. The number of methoxy groups -OCH3 is 1. The Labute approximate surface area is 118 Å². The van der Waals surface area contributed by atoms with E-state index < -0.39 is 0 Å². The Morgan fingerprint density at radius 1 is 1.47 bits per heavy atom. The molecule has 2 fully saturated rings. The van der Waals surface area contributed by atoms with E-state index in [1.807, 2.05) is 30.1 Å². The van der Waals surface area contributed by atoms with Gasteiger partial charge in [-0.1, -0.05) is 24.2 Å². The number of aromatic nitrogens is 1. The van der Waals surface area contributed by atoms with Gasteiger partial charge in [-0.05, 0) is 24.3 Å². The van der Waals surface area contributed by atoms with Crippen LogP contribution in [0.3, 0.4) is 0 Å². The lowest BCUT2D eigenvalue weighted by atomic mass is 10.1. The SMILES string of the molecule is COc1ccc(CN=C2NC3CCCC3CS2)cn1. The summed E-state index contributed by atoms with van der Waals surface area (Å²) in [6.07, 6.45) is 5.86. The molecule has 19 heavy (non-hydrogen) atoms. The van der Waals surface area contributed by atoms with Crippen molar-refractivity contribution in [3.8, 4) is 5.88 Å². The summed E-state index contributed by atoms with van der Waals surface area (Å²) in [6, 6.07) is 4.56. The highest BCUT2D eigenvalue weighted by Crippen LogP contribution is 2.32. The molecule has 1 saturated carbocycles. The van der Waals surface area contributed by atoms with Crippen molar-refractivity contribution >= 4 is 16.9 Å². The lowest BCUT2D eigenvalue weighted by Gasteiger charge is -2.28. The maximum absolute atomic E-state index is 5.05. The molecule has 1 saturated heterocycles. The Morgan fingerprint density at radius 2 is 2.42 bits per heavy atom. The van der Waals surface area contributed by atoms with E-state index in [1.54, 1.807) is 7.11 Å². The van der Waals surface area contributed by atoms with Gasteiger partial charge in [0.05, 0.1) is 13.7 Å². The highest BCUT2D eigenvalue weighted by molar-refractivity contribution is 8.13. The molecule has 0 amide bonds. The molecule has 2 unspecified atom stereocenters. The minimum absolute atomic E-state index is 0.648. The summed E-state index contributed by atoms with van der Waals surface area (Å²) in [6.45, 7) is 0.684.